The fraction of sp³-hybridized carbons (Fsp3) is 0.200. The average molecular weight is 187 g/mol. The van der Waals surface area contributed by atoms with Gasteiger partial charge >= 0.3 is 0 Å². The van der Waals surface area contributed by atoms with Crippen molar-refractivity contribution in [2.24, 2.45) is 5.11 Å². The van der Waals surface area contributed by atoms with Crippen LogP contribution in [0.2, 0.25) is 0 Å². The number of nitrogens with zero attached hydrogens (tertiary/aromatic N) is 3. The standard InChI is InChI=1S/C10H9N3O/c1-8-4-5-9(7-10(8)14)3-2-6-12-13-11/h4-5,7,14H,6H2,1H3. The number of hydrogen-bond donors (Lipinski definition) is 1. The van der Waals surface area contributed by atoms with Crippen molar-refractivity contribution in [2.45, 2.75) is 6.92 Å². The zero-order valence-corrected chi connectivity index (χ0v) is 7.73. The Balaban J connectivity index is 2.80. The second-order valence-electron chi connectivity index (χ2n) is 2.69. The van der Waals surface area contributed by atoms with E-state index in [4.69, 9.17) is 5.53 Å². The summed E-state index contributed by atoms with van der Waals surface area (Å²) in [6.07, 6.45) is 0. The largest absolute Gasteiger partial charge is 0.508 e. The second-order valence-corrected chi connectivity index (χ2v) is 2.69. The molecule has 14 heavy (non-hydrogen) atoms. The molecule has 0 amide bonds. The molecular weight excluding hydrogens is 178 g/mol. The van der Waals surface area contributed by atoms with E-state index in [0.29, 0.717) is 5.56 Å². The van der Waals surface area contributed by atoms with Crippen LogP contribution in [0, 0.1) is 18.8 Å². The molecule has 0 aliphatic heterocycles. The van der Waals surface area contributed by atoms with Gasteiger partial charge in [-0.2, -0.15) is 0 Å². The van der Waals surface area contributed by atoms with Crippen molar-refractivity contribution in [2.75, 3.05) is 6.54 Å². The van der Waals surface area contributed by atoms with Crippen molar-refractivity contribution in [3.8, 4) is 17.6 Å². The molecule has 0 aliphatic rings. The maximum atomic E-state index is 9.35. The monoisotopic (exact) mass is 187 g/mol. The highest BCUT2D eigenvalue weighted by Crippen LogP contribution is 2.16. The van der Waals surface area contributed by atoms with E-state index in [1.165, 1.54) is 0 Å². The van der Waals surface area contributed by atoms with Crippen LogP contribution in [0.3, 0.4) is 0 Å². The number of benzene rings is 1. The lowest BCUT2D eigenvalue weighted by Gasteiger charge is -1.97. The minimum absolute atomic E-state index is 0.144. The normalized spacial score (nSPS) is 8.36. The van der Waals surface area contributed by atoms with Gasteiger partial charge < -0.3 is 5.11 Å². The number of phenols is 1. The number of hydrogen-bond acceptors (Lipinski definition) is 2. The summed E-state index contributed by atoms with van der Waals surface area (Å²) in [5.41, 5.74) is 9.51. The second kappa shape index (κ2) is 4.80. The first-order valence-corrected chi connectivity index (χ1v) is 4.03. The summed E-state index contributed by atoms with van der Waals surface area (Å²) in [4.78, 5) is 2.57. The minimum atomic E-state index is 0.144. The van der Waals surface area contributed by atoms with Crippen molar-refractivity contribution in [1.82, 2.24) is 0 Å². The van der Waals surface area contributed by atoms with Crippen LogP contribution in [0.15, 0.2) is 23.3 Å². The molecular formula is C10H9N3O. The van der Waals surface area contributed by atoms with E-state index >= 15 is 0 Å². The lowest BCUT2D eigenvalue weighted by atomic mass is 10.1. The van der Waals surface area contributed by atoms with Gasteiger partial charge in [-0.3, -0.25) is 0 Å². The number of rotatable bonds is 1. The number of aromatic hydroxyl groups is 1. The number of phenolic OH excluding ortho intramolecular Hbond substituents is 1. The predicted molar refractivity (Wildman–Crippen MR) is 53.7 cm³/mol. The Labute approximate surface area is 81.8 Å². The highest BCUT2D eigenvalue weighted by Gasteiger charge is 1.94. The molecule has 0 heterocycles. The minimum Gasteiger partial charge on any atom is -0.508 e. The quantitative estimate of drug-likeness (QED) is 0.312. The maximum absolute atomic E-state index is 9.35. The Morgan fingerprint density at radius 3 is 3.00 bits per heavy atom. The van der Waals surface area contributed by atoms with E-state index in [-0.39, 0.29) is 12.3 Å². The third-order valence-corrected chi connectivity index (χ3v) is 1.65. The smallest absolute Gasteiger partial charge is 0.119 e. The zero-order valence-electron chi connectivity index (χ0n) is 7.73. The van der Waals surface area contributed by atoms with Crippen LogP contribution in [0.1, 0.15) is 11.1 Å². The van der Waals surface area contributed by atoms with Crippen molar-refractivity contribution < 1.29 is 5.11 Å². The van der Waals surface area contributed by atoms with Gasteiger partial charge in [0.15, 0.2) is 0 Å². The van der Waals surface area contributed by atoms with Crippen LogP contribution >= 0.6 is 0 Å². The van der Waals surface area contributed by atoms with Gasteiger partial charge in [-0.15, -0.1) is 0 Å². The highest BCUT2D eigenvalue weighted by atomic mass is 16.3. The van der Waals surface area contributed by atoms with Gasteiger partial charge in [0.05, 0.1) is 6.54 Å². The highest BCUT2D eigenvalue weighted by molar-refractivity contribution is 5.43. The summed E-state index contributed by atoms with van der Waals surface area (Å²) >= 11 is 0. The van der Waals surface area contributed by atoms with E-state index in [2.05, 4.69) is 21.9 Å². The van der Waals surface area contributed by atoms with Crippen LogP contribution in [-0.2, 0) is 0 Å². The summed E-state index contributed by atoms with van der Waals surface area (Å²) in [6.45, 7) is 1.96. The topological polar surface area (TPSA) is 69.0 Å². The van der Waals surface area contributed by atoms with Crippen molar-refractivity contribution >= 4 is 0 Å². The molecule has 0 aliphatic carbocycles. The molecule has 70 valence electrons. The summed E-state index contributed by atoms with van der Waals surface area (Å²) in [6, 6.07) is 5.17. The molecule has 4 nitrogen and oxygen atoms in total. The van der Waals surface area contributed by atoms with Crippen LogP contribution in [0.4, 0.5) is 0 Å². The summed E-state index contributed by atoms with van der Waals surface area (Å²) in [5.74, 6) is 5.66. The number of azide groups is 1. The molecule has 1 aromatic carbocycles. The fourth-order valence-electron chi connectivity index (χ4n) is 0.896. The first-order valence-electron chi connectivity index (χ1n) is 4.03. The van der Waals surface area contributed by atoms with Crippen molar-refractivity contribution in [3.63, 3.8) is 0 Å². The van der Waals surface area contributed by atoms with E-state index < -0.39 is 0 Å². The van der Waals surface area contributed by atoms with Crippen molar-refractivity contribution in [3.05, 3.63) is 39.8 Å². The van der Waals surface area contributed by atoms with Gasteiger partial charge in [0.2, 0.25) is 0 Å². The van der Waals surface area contributed by atoms with E-state index in [1.54, 1.807) is 18.2 Å². The summed E-state index contributed by atoms with van der Waals surface area (Å²) < 4.78 is 0. The molecule has 0 saturated heterocycles. The van der Waals surface area contributed by atoms with Crippen molar-refractivity contribution in [1.29, 1.82) is 0 Å². The average Bonchev–Trinajstić information content (AvgIpc) is 2.18. The van der Waals surface area contributed by atoms with Gasteiger partial charge in [0.1, 0.15) is 5.75 Å². The molecule has 0 saturated carbocycles. The molecule has 0 atom stereocenters. The number of aryl methyl sites for hydroxylation is 1. The summed E-state index contributed by atoms with van der Waals surface area (Å²) in [7, 11) is 0. The Bertz CT molecular complexity index is 436. The van der Waals surface area contributed by atoms with Crippen LogP contribution in [0.25, 0.3) is 10.4 Å². The molecule has 1 aromatic rings. The van der Waals surface area contributed by atoms with E-state index in [1.807, 2.05) is 6.92 Å². The van der Waals surface area contributed by atoms with Gasteiger partial charge in [-0.25, -0.2) is 0 Å². The van der Waals surface area contributed by atoms with Crippen LogP contribution in [0.5, 0.6) is 5.75 Å². The first kappa shape index (κ1) is 9.97. The zero-order chi connectivity index (χ0) is 10.4. The third-order valence-electron chi connectivity index (χ3n) is 1.65. The Morgan fingerprint density at radius 2 is 2.36 bits per heavy atom. The molecule has 0 aromatic heterocycles. The van der Waals surface area contributed by atoms with E-state index in [9.17, 15) is 5.11 Å². The molecule has 4 heteroatoms. The maximum Gasteiger partial charge on any atom is 0.119 e. The first-order chi connectivity index (χ1) is 6.74. The molecule has 0 radical (unpaired) electrons. The Hall–Kier alpha value is -2.11. The molecule has 0 spiro atoms. The molecule has 0 unspecified atom stereocenters. The van der Waals surface area contributed by atoms with E-state index in [0.717, 1.165) is 5.56 Å². The van der Waals surface area contributed by atoms with Crippen LogP contribution in [-0.4, -0.2) is 11.7 Å². The van der Waals surface area contributed by atoms with Gasteiger partial charge in [-0.05, 0) is 30.2 Å². The molecule has 1 rings (SSSR count). The Morgan fingerprint density at radius 1 is 1.57 bits per heavy atom. The fourth-order valence-corrected chi connectivity index (χ4v) is 0.896. The molecule has 0 fully saturated rings. The third kappa shape index (κ3) is 2.74. The molecule has 0 bridgehead atoms. The lowest BCUT2D eigenvalue weighted by molar-refractivity contribution is 0.471. The van der Waals surface area contributed by atoms with Crippen LogP contribution < -0.4 is 0 Å². The lowest BCUT2D eigenvalue weighted by Crippen LogP contribution is -1.78. The Kier molecular flexibility index (Phi) is 3.42. The molecule has 1 N–H and O–H groups in total. The van der Waals surface area contributed by atoms with Gasteiger partial charge in [0, 0.05) is 10.5 Å². The van der Waals surface area contributed by atoms with Gasteiger partial charge in [-0.1, -0.05) is 23.0 Å². The van der Waals surface area contributed by atoms with Gasteiger partial charge in [0.25, 0.3) is 0 Å². The SMILES string of the molecule is Cc1ccc(C#CCN=[N+]=[N-])cc1O. The predicted octanol–water partition coefficient (Wildman–Crippen LogP) is 2.36. The summed E-state index contributed by atoms with van der Waals surface area (Å²) in [5, 5.41) is 12.6.